The first kappa shape index (κ1) is 53.1. The summed E-state index contributed by atoms with van der Waals surface area (Å²) in [4.78, 5) is 5.22. The highest BCUT2D eigenvalue weighted by molar-refractivity contribution is 6.11. The van der Waals surface area contributed by atoms with Crippen molar-refractivity contribution in [1.29, 1.82) is 0 Å². The molecule has 2 nitrogen and oxygen atoms in total. The van der Waals surface area contributed by atoms with Crippen LogP contribution in [-0.2, 0) is 0 Å². The Hall–Kier alpha value is -6.74. The molecule has 0 aliphatic carbocycles. The average molecular weight is 949 g/mol. The lowest BCUT2D eigenvalue weighted by Gasteiger charge is -2.25. The molecular weight excluding hydrogens is 869 g/mol. The summed E-state index contributed by atoms with van der Waals surface area (Å²) in [5, 5.41) is 4.42. The molecule has 0 aromatic heterocycles. The molecule has 7 aromatic rings. The van der Waals surface area contributed by atoms with E-state index in [1.807, 2.05) is 12.1 Å². The first-order valence-corrected chi connectivity index (χ1v) is 27.8. The molecule has 0 amide bonds. The second-order valence-electron chi connectivity index (χ2n) is 19.7. The second-order valence-corrected chi connectivity index (χ2v) is 19.7. The minimum Gasteiger partial charge on any atom is -0.372 e. The maximum atomic E-state index is 3.69. The largest absolute Gasteiger partial charge is 0.372 e. The zero-order valence-corrected chi connectivity index (χ0v) is 44.2. The molecule has 72 heavy (non-hydrogen) atoms. The summed E-state index contributed by atoms with van der Waals surface area (Å²) in [5.41, 5.74) is 11.3. The van der Waals surface area contributed by atoms with Gasteiger partial charge >= 0.3 is 0 Å². The number of anilines is 2. The van der Waals surface area contributed by atoms with Crippen LogP contribution in [0.2, 0.25) is 0 Å². The van der Waals surface area contributed by atoms with E-state index in [2.05, 4.69) is 219 Å². The Balaban J connectivity index is 1.23. The summed E-state index contributed by atoms with van der Waals surface area (Å²) in [6.45, 7) is 13.7. The van der Waals surface area contributed by atoms with Crippen molar-refractivity contribution in [3.05, 3.63) is 190 Å². The maximum absolute atomic E-state index is 3.69. The summed E-state index contributed by atoms with van der Waals surface area (Å²) >= 11 is 0. The zero-order valence-electron chi connectivity index (χ0n) is 44.2. The van der Waals surface area contributed by atoms with Crippen molar-refractivity contribution in [2.75, 3.05) is 36.0 Å². The monoisotopic (exact) mass is 949 g/mol. The van der Waals surface area contributed by atoms with E-state index in [4.69, 9.17) is 0 Å². The summed E-state index contributed by atoms with van der Waals surface area (Å²) in [5.74, 6) is 14.4. The van der Waals surface area contributed by atoms with Gasteiger partial charge in [0.2, 0.25) is 0 Å². The highest BCUT2D eigenvalue weighted by Crippen LogP contribution is 2.35. The smallest absolute Gasteiger partial charge is 0.0407 e. The van der Waals surface area contributed by atoms with Gasteiger partial charge in [0.15, 0.2) is 0 Å². The van der Waals surface area contributed by atoms with Crippen LogP contribution < -0.4 is 9.80 Å². The Morgan fingerprint density at radius 3 is 0.958 bits per heavy atom. The molecule has 7 rings (SSSR count). The molecule has 0 N–H and O–H groups in total. The van der Waals surface area contributed by atoms with Gasteiger partial charge in [-0.15, -0.1) is 0 Å². The molecule has 0 unspecified atom stereocenters. The molecule has 0 radical (unpaired) electrons. The summed E-state index contributed by atoms with van der Waals surface area (Å²) < 4.78 is 0. The highest BCUT2D eigenvalue weighted by atomic mass is 15.1. The van der Waals surface area contributed by atoms with Crippen molar-refractivity contribution in [3.8, 4) is 23.7 Å². The molecule has 0 spiro atoms. The zero-order chi connectivity index (χ0) is 50.0. The number of rotatable bonds is 26. The predicted octanol–water partition coefficient (Wildman–Crippen LogP) is 19.1. The van der Waals surface area contributed by atoms with E-state index >= 15 is 0 Å². The summed E-state index contributed by atoms with van der Waals surface area (Å²) in [7, 11) is 0. The number of hydrogen-bond acceptors (Lipinski definition) is 2. The molecule has 7 aromatic carbocycles. The van der Waals surface area contributed by atoms with Crippen LogP contribution in [0.25, 0.3) is 45.8 Å². The van der Waals surface area contributed by atoms with Crippen molar-refractivity contribution < 1.29 is 0 Å². The Kier molecular flexibility index (Phi) is 21.8. The van der Waals surface area contributed by atoms with E-state index in [9.17, 15) is 0 Å². The average Bonchev–Trinajstić information content (AvgIpc) is 3.42. The Morgan fingerprint density at radius 1 is 0.306 bits per heavy atom. The van der Waals surface area contributed by atoms with Crippen molar-refractivity contribution in [2.24, 2.45) is 0 Å². The molecule has 0 bridgehead atoms. The Morgan fingerprint density at radius 2 is 0.625 bits per heavy atom. The maximum Gasteiger partial charge on any atom is 0.0407 e. The van der Waals surface area contributed by atoms with Gasteiger partial charge in [0.05, 0.1) is 0 Å². The van der Waals surface area contributed by atoms with Crippen molar-refractivity contribution in [3.63, 3.8) is 0 Å². The Labute approximate surface area is 435 Å². The van der Waals surface area contributed by atoms with Gasteiger partial charge < -0.3 is 9.80 Å². The van der Waals surface area contributed by atoms with E-state index in [1.165, 1.54) is 125 Å². The fourth-order valence-electron chi connectivity index (χ4n) is 9.69. The third-order valence-corrected chi connectivity index (χ3v) is 14.0. The molecule has 370 valence electrons. The van der Waals surface area contributed by atoms with Gasteiger partial charge in [-0.05, 0) is 130 Å². The van der Waals surface area contributed by atoms with Crippen LogP contribution in [0, 0.1) is 23.7 Å². The number of nitrogens with zero attached hydrogens (tertiary/aromatic N) is 2. The second kappa shape index (κ2) is 29.6. The highest BCUT2D eigenvalue weighted by Gasteiger charge is 2.14. The van der Waals surface area contributed by atoms with Gasteiger partial charge in [-0.1, -0.05) is 238 Å². The van der Waals surface area contributed by atoms with Gasteiger partial charge in [-0.2, -0.15) is 0 Å². The van der Waals surface area contributed by atoms with E-state index in [0.29, 0.717) is 0 Å². The van der Waals surface area contributed by atoms with E-state index in [-0.39, 0.29) is 0 Å². The van der Waals surface area contributed by atoms with Gasteiger partial charge in [0, 0.05) is 59.8 Å². The third-order valence-electron chi connectivity index (χ3n) is 14.0. The molecule has 0 aliphatic rings. The first-order chi connectivity index (χ1) is 35.6. The van der Waals surface area contributed by atoms with E-state index < -0.39 is 0 Å². The van der Waals surface area contributed by atoms with E-state index in [0.717, 1.165) is 81.1 Å². The topological polar surface area (TPSA) is 6.48 Å². The van der Waals surface area contributed by atoms with Crippen LogP contribution in [0.15, 0.2) is 146 Å². The fourth-order valence-corrected chi connectivity index (χ4v) is 9.69. The molecule has 0 heterocycles. The Bertz CT molecular complexity index is 2670. The lowest BCUT2D eigenvalue weighted by molar-refractivity contribution is 0.609. The molecule has 0 atom stereocenters. The van der Waals surface area contributed by atoms with E-state index in [1.54, 1.807) is 0 Å². The molecule has 0 saturated carbocycles. The predicted molar refractivity (Wildman–Crippen MR) is 318 cm³/mol. The van der Waals surface area contributed by atoms with Crippen molar-refractivity contribution in [2.45, 2.75) is 130 Å². The number of unbranched alkanes of at least 4 members (excludes halogenated alkanes) is 12. The molecule has 0 aliphatic heterocycles. The molecule has 0 fully saturated rings. The van der Waals surface area contributed by atoms with Crippen LogP contribution in [0.3, 0.4) is 0 Å². The van der Waals surface area contributed by atoms with Crippen LogP contribution in [0.1, 0.15) is 175 Å². The van der Waals surface area contributed by atoms with Gasteiger partial charge in [0.25, 0.3) is 0 Å². The van der Waals surface area contributed by atoms with Crippen LogP contribution >= 0.6 is 0 Å². The van der Waals surface area contributed by atoms with Crippen molar-refractivity contribution in [1.82, 2.24) is 0 Å². The van der Waals surface area contributed by atoms with Gasteiger partial charge in [-0.25, -0.2) is 0 Å². The first-order valence-electron chi connectivity index (χ1n) is 27.8. The molecule has 2 heteroatoms. The number of fused-ring (bicyclic) bond motifs is 2. The summed E-state index contributed by atoms with van der Waals surface area (Å²) in [6, 6.07) is 52.7. The minimum atomic E-state index is 0.994. The van der Waals surface area contributed by atoms with Crippen LogP contribution in [0.5, 0.6) is 0 Å². The molecule has 0 saturated heterocycles. The lowest BCUT2D eigenvalue weighted by atomic mass is 9.89. The van der Waals surface area contributed by atoms with Crippen LogP contribution in [-0.4, -0.2) is 26.2 Å². The normalized spacial score (nSPS) is 11.3. The quantitative estimate of drug-likeness (QED) is 0.0231. The van der Waals surface area contributed by atoms with Crippen LogP contribution in [0.4, 0.5) is 11.4 Å². The summed E-state index contributed by atoms with van der Waals surface area (Å²) in [6.07, 6.45) is 29.5. The number of benzene rings is 7. The SMILES string of the molecule is CCCCCCN(CCCCCC)c1ccc(C=Cc2ccc3c(C#Cc4ccccc4)c4cc(C=Cc5ccc(N(CCCCCC)CCCCCC)cc5)ccc4c(C#Cc4ccccc4)c3c2)cc1. The third kappa shape index (κ3) is 16.1. The lowest BCUT2D eigenvalue weighted by Crippen LogP contribution is -2.25. The fraction of sp³-hybridized carbons (Fsp3) is 0.343. The minimum absolute atomic E-state index is 0.994. The van der Waals surface area contributed by atoms with Gasteiger partial charge in [-0.3, -0.25) is 0 Å². The van der Waals surface area contributed by atoms with Crippen molar-refractivity contribution >= 4 is 57.2 Å². The number of hydrogen-bond donors (Lipinski definition) is 0. The standard InChI is InChI=1S/C70H80N2/c1-5-9-13-23-51-71(52-24-14-10-6-2)63-43-35-59(36-44-63)31-33-61-41-49-67-66(48-40-58-29-21-18-22-30-58)70-56-62(42-50-68(70)65(69(67)55-61)47-39-57-27-19-17-20-28-57)34-32-60-37-45-64(46-38-60)72(53-25-15-11-7-3)54-26-16-12-8-4/h17-22,27-38,41-46,49-50,55-56H,5-16,23-26,51-54H2,1-4H3. The molecular formula is C70H80N2. The van der Waals surface area contributed by atoms with Gasteiger partial charge in [0.1, 0.15) is 0 Å².